The van der Waals surface area contributed by atoms with Gasteiger partial charge in [0.1, 0.15) is 6.42 Å². The lowest BCUT2D eigenvalue weighted by Crippen LogP contribution is -2.55. The van der Waals surface area contributed by atoms with E-state index in [-0.39, 0.29) is 12.2 Å². The van der Waals surface area contributed by atoms with Crippen LogP contribution in [0.2, 0.25) is 0 Å². The first-order valence-electron chi connectivity index (χ1n) is 7.32. The fourth-order valence-corrected chi connectivity index (χ4v) is 3.04. The molecule has 2 aliphatic heterocycles. The predicted octanol–water partition coefficient (Wildman–Crippen LogP) is 0.679. The van der Waals surface area contributed by atoms with E-state index in [0.717, 1.165) is 19.6 Å². The summed E-state index contributed by atoms with van der Waals surface area (Å²) in [6, 6.07) is 0.609. The van der Waals surface area contributed by atoms with Crippen LogP contribution >= 0.6 is 0 Å². The van der Waals surface area contributed by atoms with Crippen molar-refractivity contribution >= 4 is 11.8 Å². The monoisotopic (exact) mass is 268 g/mol. The van der Waals surface area contributed by atoms with Crippen LogP contribution in [0.5, 0.6) is 0 Å². The van der Waals surface area contributed by atoms with Gasteiger partial charge in [-0.2, -0.15) is 0 Å². The number of piperazine rings is 1. The van der Waals surface area contributed by atoms with Gasteiger partial charge in [-0.15, -0.1) is 0 Å². The molecule has 0 spiro atoms. The number of rotatable bonds is 5. The zero-order valence-electron chi connectivity index (χ0n) is 11.8. The van der Waals surface area contributed by atoms with Crippen LogP contribution in [0.25, 0.3) is 0 Å². The first-order chi connectivity index (χ1) is 9.19. The van der Waals surface area contributed by atoms with E-state index in [4.69, 9.17) is 4.74 Å². The largest absolute Gasteiger partial charge is 0.466 e. The Kier molecular flexibility index (Phi) is 5.34. The summed E-state index contributed by atoms with van der Waals surface area (Å²) in [5.41, 5.74) is 0. The fraction of sp³-hybridized carbons (Fsp3) is 0.857. The summed E-state index contributed by atoms with van der Waals surface area (Å²) in [5, 5.41) is 0. The van der Waals surface area contributed by atoms with Gasteiger partial charge in [0.05, 0.1) is 13.2 Å². The maximum atomic E-state index is 11.8. The van der Waals surface area contributed by atoms with E-state index in [1.807, 2.05) is 0 Å². The average Bonchev–Trinajstić information content (AvgIpc) is 2.38. The SMILES string of the molecule is CCOC(=O)CC(=O)CN1CCN2CCCCC2C1. The van der Waals surface area contributed by atoms with Gasteiger partial charge >= 0.3 is 5.97 Å². The summed E-state index contributed by atoms with van der Waals surface area (Å²) in [7, 11) is 0. The summed E-state index contributed by atoms with van der Waals surface area (Å²) in [6.07, 6.45) is 3.76. The third kappa shape index (κ3) is 4.28. The molecule has 5 nitrogen and oxygen atoms in total. The molecule has 0 saturated carbocycles. The lowest BCUT2D eigenvalue weighted by atomic mass is 9.99. The number of piperidine rings is 1. The second kappa shape index (κ2) is 7.01. The fourth-order valence-electron chi connectivity index (χ4n) is 3.04. The Hall–Kier alpha value is -0.940. The smallest absolute Gasteiger partial charge is 0.313 e. The van der Waals surface area contributed by atoms with Crippen LogP contribution in [-0.4, -0.2) is 66.9 Å². The van der Waals surface area contributed by atoms with Crippen molar-refractivity contribution in [2.24, 2.45) is 0 Å². The number of carbonyl (C=O) groups is 2. The first-order valence-corrected chi connectivity index (χ1v) is 7.32. The number of fused-ring (bicyclic) bond motifs is 1. The molecule has 0 aromatic carbocycles. The Morgan fingerprint density at radius 1 is 1.21 bits per heavy atom. The molecule has 0 aromatic heterocycles. The molecule has 5 heteroatoms. The number of ketones is 1. The minimum absolute atomic E-state index is 0.0253. The van der Waals surface area contributed by atoms with E-state index in [9.17, 15) is 9.59 Å². The van der Waals surface area contributed by atoms with E-state index in [1.165, 1.54) is 25.8 Å². The highest BCUT2D eigenvalue weighted by Gasteiger charge is 2.29. The number of carbonyl (C=O) groups excluding carboxylic acids is 2. The molecule has 19 heavy (non-hydrogen) atoms. The highest BCUT2D eigenvalue weighted by molar-refractivity contribution is 5.96. The van der Waals surface area contributed by atoms with E-state index in [2.05, 4.69) is 9.80 Å². The van der Waals surface area contributed by atoms with Crippen molar-refractivity contribution in [3.63, 3.8) is 0 Å². The van der Waals surface area contributed by atoms with Crippen molar-refractivity contribution < 1.29 is 14.3 Å². The van der Waals surface area contributed by atoms with Gasteiger partial charge in [0.2, 0.25) is 0 Å². The van der Waals surface area contributed by atoms with Gasteiger partial charge in [0, 0.05) is 25.7 Å². The van der Waals surface area contributed by atoms with Crippen molar-refractivity contribution in [1.29, 1.82) is 0 Å². The van der Waals surface area contributed by atoms with E-state index in [1.54, 1.807) is 6.92 Å². The molecule has 2 aliphatic rings. The molecule has 2 saturated heterocycles. The zero-order valence-corrected chi connectivity index (χ0v) is 11.8. The molecule has 0 amide bonds. The summed E-state index contributed by atoms with van der Waals surface area (Å²) < 4.78 is 4.80. The van der Waals surface area contributed by atoms with E-state index in [0.29, 0.717) is 19.2 Å². The number of nitrogens with zero attached hydrogens (tertiary/aromatic N) is 2. The van der Waals surface area contributed by atoms with Gasteiger partial charge in [-0.1, -0.05) is 6.42 Å². The van der Waals surface area contributed by atoms with Crippen molar-refractivity contribution in [2.75, 3.05) is 39.3 Å². The van der Waals surface area contributed by atoms with Crippen molar-refractivity contribution in [1.82, 2.24) is 9.80 Å². The van der Waals surface area contributed by atoms with Crippen LogP contribution in [0, 0.1) is 0 Å². The van der Waals surface area contributed by atoms with E-state index >= 15 is 0 Å². The number of ether oxygens (including phenoxy) is 1. The summed E-state index contributed by atoms with van der Waals surface area (Å²) >= 11 is 0. The molecule has 1 atom stereocenters. The van der Waals surface area contributed by atoms with E-state index < -0.39 is 5.97 Å². The third-order valence-electron chi connectivity index (χ3n) is 3.97. The highest BCUT2D eigenvalue weighted by atomic mass is 16.5. The molecule has 0 radical (unpaired) electrons. The molecule has 1 unspecified atom stereocenters. The molecular weight excluding hydrogens is 244 g/mol. The van der Waals surface area contributed by atoms with Crippen molar-refractivity contribution in [3.8, 4) is 0 Å². The van der Waals surface area contributed by atoms with Crippen LogP contribution in [0.15, 0.2) is 0 Å². The Morgan fingerprint density at radius 3 is 2.84 bits per heavy atom. The topological polar surface area (TPSA) is 49.9 Å². The molecular formula is C14H24N2O3. The molecule has 0 N–H and O–H groups in total. The summed E-state index contributed by atoms with van der Waals surface area (Å²) in [4.78, 5) is 27.8. The maximum Gasteiger partial charge on any atom is 0.313 e. The van der Waals surface area contributed by atoms with Gasteiger partial charge in [-0.25, -0.2) is 0 Å². The van der Waals surface area contributed by atoms with Crippen LogP contribution in [0.3, 0.4) is 0 Å². The minimum Gasteiger partial charge on any atom is -0.466 e. The van der Waals surface area contributed by atoms with Gasteiger partial charge in [0.15, 0.2) is 5.78 Å². The first kappa shape index (κ1) is 14.5. The maximum absolute atomic E-state index is 11.8. The quantitative estimate of drug-likeness (QED) is 0.542. The second-order valence-electron chi connectivity index (χ2n) is 5.44. The summed E-state index contributed by atoms with van der Waals surface area (Å²) in [6.45, 7) is 6.65. The molecule has 108 valence electrons. The lowest BCUT2D eigenvalue weighted by molar-refractivity contribution is -0.145. The van der Waals surface area contributed by atoms with Gasteiger partial charge in [-0.3, -0.25) is 19.4 Å². The van der Waals surface area contributed by atoms with Crippen LogP contribution in [0.4, 0.5) is 0 Å². The molecule has 0 bridgehead atoms. The number of hydrogen-bond donors (Lipinski definition) is 0. The van der Waals surface area contributed by atoms with Crippen molar-refractivity contribution in [2.45, 2.75) is 38.6 Å². The molecule has 0 aliphatic carbocycles. The van der Waals surface area contributed by atoms with Crippen LogP contribution in [-0.2, 0) is 14.3 Å². The normalized spacial score (nSPS) is 24.8. The van der Waals surface area contributed by atoms with Crippen LogP contribution in [0.1, 0.15) is 32.6 Å². The molecule has 0 aromatic rings. The predicted molar refractivity (Wildman–Crippen MR) is 71.9 cm³/mol. The Balaban J connectivity index is 1.74. The average molecular weight is 268 g/mol. The Bertz CT molecular complexity index is 333. The van der Waals surface area contributed by atoms with Crippen molar-refractivity contribution in [3.05, 3.63) is 0 Å². The van der Waals surface area contributed by atoms with Gasteiger partial charge in [0.25, 0.3) is 0 Å². The van der Waals surface area contributed by atoms with Crippen LogP contribution < -0.4 is 0 Å². The Labute approximate surface area is 114 Å². The number of esters is 1. The highest BCUT2D eigenvalue weighted by Crippen LogP contribution is 2.20. The molecule has 2 heterocycles. The minimum atomic E-state index is -0.399. The summed E-state index contributed by atoms with van der Waals surface area (Å²) in [5.74, 6) is -0.425. The second-order valence-corrected chi connectivity index (χ2v) is 5.44. The van der Waals surface area contributed by atoms with Gasteiger partial charge in [-0.05, 0) is 26.3 Å². The molecule has 2 fully saturated rings. The Morgan fingerprint density at radius 2 is 2.05 bits per heavy atom. The lowest BCUT2D eigenvalue weighted by Gasteiger charge is -2.43. The molecule has 2 rings (SSSR count). The number of hydrogen-bond acceptors (Lipinski definition) is 5. The standard InChI is InChI=1S/C14H24N2O3/c1-2-19-14(18)9-13(17)11-15-7-8-16-6-4-3-5-12(16)10-15/h12H,2-11H2,1H3. The number of Topliss-reactive ketones (excluding diaryl/α,β-unsaturated/α-hetero) is 1. The third-order valence-corrected chi connectivity index (χ3v) is 3.97. The van der Waals surface area contributed by atoms with Gasteiger partial charge < -0.3 is 4.74 Å². The zero-order chi connectivity index (χ0) is 13.7.